The van der Waals surface area contributed by atoms with Crippen molar-refractivity contribution in [2.75, 3.05) is 13.1 Å². The largest absolute Gasteiger partial charge is 0.447 e. The highest BCUT2D eigenvalue weighted by Crippen LogP contribution is 2.61. The number of esters is 1. The number of carbonyl (C=O) groups is 2. The maximum atomic E-state index is 13.2. The van der Waals surface area contributed by atoms with Gasteiger partial charge in [0.15, 0.2) is 0 Å². The molecule has 6 rings (SSSR count). The summed E-state index contributed by atoms with van der Waals surface area (Å²) in [5.74, 6) is 2.22. The van der Waals surface area contributed by atoms with Gasteiger partial charge in [0.25, 0.3) is 5.91 Å². The summed E-state index contributed by atoms with van der Waals surface area (Å²) in [6.07, 6.45) is 10.6. The molecule has 4 saturated carbocycles. The van der Waals surface area contributed by atoms with E-state index in [9.17, 15) is 9.59 Å². The summed E-state index contributed by atoms with van der Waals surface area (Å²) < 4.78 is 5.96. The number of nitrogens with zero attached hydrogens (tertiary/aromatic N) is 1. The fraction of sp³-hybridized carbons (Fsp3) is 0.680. The van der Waals surface area contributed by atoms with E-state index in [1.54, 1.807) is 0 Å². The normalized spacial score (nSPS) is 34.1. The number of carbonyl (C=O) groups excluding carboxylic acids is 2. The number of piperidine rings is 1. The van der Waals surface area contributed by atoms with Crippen LogP contribution in [0.2, 0.25) is 0 Å². The summed E-state index contributed by atoms with van der Waals surface area (Å²) >= 11 is 0. The zero-order chi connectivity index (χ0) is 19.8. The van der Waals surface area contributed by atoms with E-state index < -0.39 is 6.10 Å². The fourth-order valence-corrected chi connectivity index (χ4v) is 7.15. The lowest BCUT2D eigenvalue weighted by Gasteiger charge is -2.56. The van der Waals surface area contributed by atoms with Gasteiger partial charge in [-0.25, -0.2) is 0 Å². The number of ether oxygens (including phenoxy) is 1. The van der Waals surface area contributed by atoms with Crippen molar-refractivity contribution >= 4 is 11.9 Å². The Kier molecular flexibility index (Phi) is 5.13. The molecule has 4 nitrogen and oxygen atoms in total. The molecule has 5 fully saturated rings. The van der Waals surface area contributed by atoms with Crippen LogP contribution in [0.4, 0.5) is 0 Å². The third kappa shape index (κ3) is 3.95. The molecule has 156 valence electrons. The first-order chi connectivity index (χ1) is 14.1. The van der Waals surface area contributed by atoms with Gasteiger partial charge >= 0.3 is 5.97 Å². The van der Waals surface area contributed by atoms with E-state index in [0.29, 0.717) is 6.42 Å². The van der Waals surface area contributed by atoms with Crippen LogP contribution in [0.15, 0.2) is 30.3 Å². The summed E-state index contributed by atoms with van der Waals surface area (Å²) in [7, 11) is 0. The number of amides is 1. The molecule has 0 aromatic heterocycles. The molecule has 1 aromatic rings. The predicted molar refractivity (Wildman–Crippen MR) is 111 cm³/mol. The van der Waals surface area contributed by atoms with Gasteiger partial charge in [0.05, 0.1) is 6.42 Å². The van der Waals surface area contributed by atoms with Gasteiger partial charge in [0.2, 0.25) is 6.10 Å². The number of hydrogen-bond donors (Lipinski definition) is 0. The molecule has 1 atom stereocenters. The summed E-state index contributed by atoms with van der Waals surface area (Å²) in [5.41, 5.74) is 0.934. The second-order valence-electron chi connectivity index (χ2n) is 10.3. The highest BCUT2D eigenvalue weighted by atomic mass is 16.5. The topological polar surface area (TPSA) is 46.6 Å². The molecule has 5 aliphatic rings. The standard InChI is InChI=1S/C25H33NO3/c27-22(17-25-14-18-11-19(15-25)13-20(12-18)16-25)29-23(21-7-3-1-4-8-21)24(28)26-9-5-2-6-10-26/h1,3-4,7-8,18-20,23H,2,5-6,9-17H2/t18?,19?,20?,23-,25?/m1/s1. The molecular formula is C25H33NO3. The second kappa shape index (κ2) is 7.77. The Labute approximate surface area is 174 Å². The van der Waals surface area contributed by atoms with Crippen molar-refractivity contribution in [3.63, 3.8) is 0 Å². The monoisotopic (exact) mass is 395 g/mol. The lowest BCUT2D eigenvalue weighted by atomic mass is 9.49. The van der Waals surface area contributed by atoms with Crippen LogP contribution >= 0.6 is 0 Å². The highest BCUT2D eigenvalue weighted by molar-refractivity contribution is 5.85. The van der Waals surface area contributed by atoms with Crippen LogP contribution in [0, 0.1) is 23.2 Å². The summed E-state index contributed by atoms with van der Waals surface area (Å²) in [6, 6.07) is 9.58. The predicted octanol–water partition coefficient (Wildman–Crippen LogP) is 4.89. The van der Waals surface area contributed by atoms with E-state index in [1.807, 2.05) is 35.2 Å². The van der Waals surface area contributed by atoms with Crippen molar-refractivity contribution in [2.24, 2.45) is 23.2 Å². The second-order valence-corrected chi connectivity index (χ2v) is 10.3. The van der Waals surface area contributed by atoms with Crippen molar-refractivity contribution in [3.05, 3.63) is 35.9 Å². The van der Waals surface area contributed by atoms with Crippen molar-refractivity contribution < 1.29 is 14.3 Å². The summed E-state index contributed by atoms with van der Waals surface area (Å²) in [5, 5.41) is 0. The van der Waals surface area contributed by atoms with Crippen LogP contribution < -0.4 is 0 Å². The van der Waals surface area contributed by atoms with Crippen LogP contribution in [0.5, 0.6) is 0 Å². The third-order valence-corrected chi connectivity index (χ3v) is 7.93. The molecule has 4 bridgehead atoms. The molecule has 1 amide bonds. The van der Waals surface area contributed by atoms with E-state index in [2.05, 4.69) is 0 Å². The molecule has 1 aliphatic heterocycles. The van der Waals surface area contributed by atoms with E-state index >= 15 is 0 Å². The summed E-state index contributed by atoms with van der Waals surface area (Å²) in [6.45, 7) is 1.55. The Morgan fingerprint density at radius 1 is 0.931 bits per heavy atom. The van der Waals surface area contributed by atoms with Crippen LogP contribution in [0.25, 0.3) is 0 Å². The van der Waals surface area contributed by atoms with Gasteiger partial charge in [-0.05, 0) is 81.0 Å². The average molecular weight is 396 g/mol. The molecule has 1 heterocycles. The van der Waals surface area contributed by atoms with Crippen LogP contribution in [0.3, 0.4) is 0 Å². The molecule has 29 heavy (non-hydrogen) atoms. The fourth-order valence-electron chi connectivity index (χ4n) is 7.15. The van der Waals surface area contributed by atoms with Gasteiger partial charge in [-0.2, -0.15) is 0 Å². The minimum Gasteiger partial charge on any atom is -0.447 e. The Morgan fingerprint density at radius 3 is 2.10 bits per heavy atom. The average Bonchev–Trinajstić information content (AvgIpc) is 2.71. The molecular weight excluding hydrogens is 362 g/mol. The molecule has 0 spiro atoms. The Morgan fingerprint density at radius 2 is 1.52 bits per heavy atom. The molecule has 0 unspecified atom stereocenters. The molecule has 1 aromatic carbocycles. The van der Waals surface area contributed by atoms with Crippen molar-refractivity contribution in [3.8, 4) is 0 Å². The Hall–Kier alpha value is -1.84. The van der Waals surface area contributed by atoms with Crippen molar-refractivity contribution in [1.29, 1.82) is 0 Å². The number of benzene rings is 1. The minimum atomic E-state index is -0.796. The van der Waals surface area contributed by atoms with E-state index in [0.717, 1.165) is 49.2 Å². The first-order valence-electron chi connectivity index (χ1n) is 11.6. The molecule has 0 N–H and O–H groups in total. The van der Waals surface area contributed by atoms with E-state index in [1.165, 1.54) is 44.9 Å². The van der Waals surface area contributed by atoms with E-state index in [-0.39, 0.29) is 17.3 Å². The molecule has 4 heteroatoms. The first kappa shape index (κ1) is 19.1. The lowest BCUT2D eigenvalue weighted by Crippen LogP contribution is -2.47. The number of hydrogen-bond acceptors (Lipinski definition) is 3. The molecule has 0 radical (unpaired) electrons. The van der Waals surface area contributed by atoms with E-state index in [4.69, 9.17) is 4.74 Å². The van der Waals surface area contributed by atoms with Gasteiger partial charge in [0, 0.05) is 18.7 Å². The third-order valence-electron chi connectivity index (χ3n) is 7.93. The van der Waals surface area contributed by atoms with Crippen molar-refractivity contribution in [1.82, 2.24) is 4.90 Å². The number of rotatable bonds is 5. The minimum absolute atomic E-state index is 0.0465. The Balaban J connectivity index is 1.31. The van der Waals surface area contributed by atoms with Crippen LogP contribution in [-0.2, 0) is 14.3 Å². The van der Waals surface area contributed by atoms with Crippen LogP contribution in [-0.4, -0.2) is 29.9 Å². The smallest absolute Gasteiger partial charge is 0.307 e. The first-order valence-corrected chi connectivity index (χ1v) is 11.6. The zero-order valence-corrected chi connectivity index (χ0v) is 17.4. The van der Waals surface area contributed by atoms with Gasteiger partial charge in [0.1, 0.15) is 0 Å². The lowest BCUT2D eigenvalue weighted by molar-refractivity contribution is -0.166. The zero-order valence-electron chi connectivity index (χ0n) is 17.4. The van der Waals surface area contributed by atoms with Gasteiger partial charge in [-0.1, -0.05) is 30.3 Å². The van der Waals surface area contributed by atoms with Gasteiger partial charge < -0.3 is 9.64 Å². The highest BCUT2D eigenvalue weighted by Gasteiger charge is 2.52. The quantitative estimate of drug-likeness (QED) is 0.667. The maximum Gasteiger partial charge on any atom is 0.307 e. The van der Waals surface area contributed by atoms with Crippen molar-refractivity contribution in [2.45, 2.75) is 70.3 Å². The molecule has 4 aliphatic carbocycles. The maximum absolute atomic E-state index is 13.2. The molecule has 1 saturated heterocycles. The van der Waals surface area contributed by atoms with Crippen LogP contribution in [0.1, 0.15) is 75.9 Å². The number of likely N-dealkylation sites (tertiary alicyclic amines) is 1. The Bertz CT molecular complexity index is 717. The summed E-state index contributed by atoms with van der Waals surface area (Å²) in [4.78, 5) is 28.2. The van der Waals surface area contributed by atoms with Gasteiger partial charge in [-0.3, -0.25) is 9.59 Å². The SMILES string of the molecule is O=C(CC12CC3CC(CC(C3)C1)C2)O[C@@H](C(=O)N1CCCCC1)c1ccccc1. The van der Waals surface area contributed by atoms with Gasteiger partial charge in [-0.15, -0.1) is 0 Å².